The molecule has 1 heterocycles. The van der Waals surface area contributed by atoms with Gasteiger partial charge in [0.05, 0.1) is 6.61 Å². The molecule has 2 N–H and O–H groups in total. The first-order chi connectivity index (χ1) is 8.75. The Morgan fingerprint density at radius 2 is 2.05 bits per heavy atom. The van der Waals surface area contributed by atoms with E-state index in [1.807, 2.05) is 20.8 Å². The van der Waals surface area contributed by atoms with Crippen molar-refractivity contribution in [2.24, 2.45) is 0 Å². The molecular formula is C13H20O5S. The van der Waals surface area contributed by atoms with Crippen LogP contribution in [0.5, 0.6) is 5.75 Å². The Bertz CT molecular complexity index is 433. The van der Waals surface area contributed by atoms with Crippen LogP contribution in [0.2, 0.25) is 0 Å². The van der Waals surface area contributed by atoms with E-state index in [1.54, 1.807) is 6.07 Å². The molecule has 1 aromatic rings. The molecule has 0 bridgehead atoms. The maximum atomic E-state index is 11.2. The van der Waals surface area contributed by atoms with Crippen LogP contribution in [0, 0.1) is 0 Å². The van der Waals surface area contributed by atoms with Gasteiger partial charge in [-0.25, -0.2) is 4.79 Å². The van der Waals surface area contributed by atoms with E-state index >= 15 is 0 Å². The molecule has 1 unspecified atom stereocenters. The van der Waals surface area contributed by atoms with Gasteiger partial charge in [-0.15, -0.1) is 11.3 Å². The van der Waals surface area contributed by atoms with Gasteiger partial charge in [0.15, 0.2) is 4.88 Å². The monoisotopic (exact) mass is 288 g/mol. The Labute approximate surface area is 116 Å². The van der Waals surface area contributed by atoms with E-state index in [0.29, 0.717) is 5.75 Å². The Morgan fingerprint density at radius 1 is 1.42 bits per heavy atom. The van der Waals surface area contributed by atoms with Crippen LogP contribution >= 0.6 is 11.3 Å². The summed E-state index contributed by atoms with van der Waals surface area (Å²) in [5, 5.41) is 18.7. The molecule has 0 radical (unpaired) electrons. The first-order valence-corrected chi connectivity index (χ1v) is 6.74. The summed E-state index contributed by atoms with van der Waals surface area (Å²) >= 11 is 1.20. The number of carbonyl (C=O) groups is 1. The van der Waals surface area contributed by atoms with Gasteiger partial charge in [-0.2, -0.15) is 0 Å². The van der Waals surface area contributed by atoms with E-state index in [0.717, 1.165) is 4.88 Å². The highest BCUT2D eigenvalue weighted by atomic mass is 32.1. The SMILES string of the molecule is COCC(O)COc1cc(C(C)(C)C)sc1C(=O)O. The normalized spacial score (nSPS) is 13.3. The smallest absolute Gasteiger partial charge is 0.349 e. The average molecular weight is 288 g/mol. The molecule has 0 saturated heterocycles. The Morgan fingerprint density at radius 3 is 2.53 bits per heavy atom. The lowest BCUT2D eigenvalue weighted by Gasteiger charge is -2.15. The molecular weight excluding hydrogens is 268 g/mol. The minimum atomic E-state index is -1.02. The highest BCUT2D eigenvalue weighted by Gasteiger charge is 2.24. The third-order valence-corrected chi connectivity index (χ3v) is 3.95. The summed E-state index contributed by atoms with van der Waals surface area (Å²) in [5.74, 6) is -0.714. The van der Waals surface area contributed by atoms with Gasteiger partial charge in [-0.05, 0) is 11.5 Å². The zero-order chi connectivity index (χ0) is 14.6. The minimum absolute atomic E-state index is 0.00837. The quantitative estimate of drug-likeness (QED) is 0.838. The second kappa shape index (κ2) is 6.36. The van der Waals surface area contributed by atoms with E-state index in [-0.39, 0.29) is 23.5 Å². The summed E-state index contributed by atoms with van der Waals surface area (Å²) in [6.45, 7) is 6.18. The van der Waals surface area contributed by atoms with Gasteiger partial charge in [0.2, 0.25) is 0 Å². The summed E-state index contributed by atoms with van der Waals surface area (Å²) in [5.41, 5.74) is -0.137. The standard InChI is InChI=1S/C13H20O5S/c1-13(2,3)10-5-9(11(19-10)12(15)16)18-7-8(14)6-17-4/h5,8,14H,6-7H2,1-4H3,(H,15,16). The van der Waals surface area contributed by atoms with E-state index in [1.165, 1.54) is 18.4 Å². The molecule has 0 saturated carbocycles. The summed E-state index contributed by atoms with van der Waals surface area (Å²) in [4.78, 5) is 12.3. The van der Waals surface area contributed by atoms with Crippen molar-refractivity contribution < 1.29 is 24.5 Å². The van der Waals surface area contributed by atoms with Gasteiger partial charge in [0, 0.05) is 12.0 Å². The highest BCUT2D eigenvalue weighted by molar-refractivity contribution is 7.14. The Hall–Kier alpha value is -1.11. The predicted octanol–water partition coefficient (Wildman–Crippen LogP) is 2.13. The van der Waals surface area contributed by atoms with Crippen molar-refractivity contribution >= 4 is 17.3 Å². The predicted molar refractivity (Wildman–Crippen MR) is 73.4 cm³/mol. The van der Waals surface area contributed by atoms with Crippen molar-refractivity contribution in [3.63, 3.8) is 0 Å². The number of carboxylic acids is 1. The summed E-state index contributed by atoms with van der Waals surface area (Å²) in [7, 11) is 1.48. The summed E-state index contributed by atoms with van der Waals surface area (Å²) in [6.07, 6.45) is -0.773. The number of rotatable bonds is 6. The van der Waals surface area contributed by atoms with Gasteiger partial charge in [0.25, 0.3) is 0 Å². The molecule has 0 amide bonds. The van der Waals surface area contributed by atoms with Crippen LogP contribution in [-0.4, -0.2) is 42.6 Å². The molecule has 6 heteroatoms. The molecule has 5 nitrogen and oxygen atoms in total. The molecule has 19 heavy (non-hydrogen) atoms. The fourth-order valence-corrected chi connectivity index (χ4v) is 2.42. The number of aliphatic hydroxyl groups is 1. The van der Waals surface area contributed by atoms with E-state index < -0.39 is 12.1 Å². The number of aliphatic hydroxyl groups excluding tert-OH is 1. The van der Waals surface area contributed by atoms with Gasteiger partial charge < -0.3 is 19.7 Å². The molecule has 108 valence electrons. The number of ether oxygens (including phenoxy) is 2. The van der Waals surface area contributed by atoms with Crippen molar-refractivity contribution in [1.29, 1.82) is 0 Å². The number of carboxylic acid groups (broad SMARTS) is 1. The van der Waals surface area contributed by atoms with Crippen molar-refractivity contribution in [1.82, 2.24) is 0 Å². The van der Waals surface area contributed by atoms with Gasteiger partial charge in [0.1, 0.15) is 18.5 Å². The number of aromatic carboxylic acids is 1. The van der Waals surface area contributed by atoms with Crippen LogP contribution in [0.15, 0.2) is 6.07 Å². The molecule has 0 aliphatic carbocycles. The minimum Gasteiger partial charge on any atom is -0.489 e. The average Bonchev–Trinajstić information content (AvgIpc) is 2.70. The van der Waals surface area contributed by atoms with E-state index in [9.17, 15) is 9.90 Å². The lowest BCUT2D eigenvalue weighted by Crippen LogP contribution is -2.22. The van der Waals surface area contributed by atoms with Crippen LogP contribution in [0.1, 0.15) is 35.3 Å². The first-order valence-electron chi connectivity index (χ1n) is 5.93. The molecule has 1 atom stereocenters. The van der Waals surface area contributed by atoms with Crippen LogP contribution in [0.3, 0.4) is 0 Å². The first kappa shape index (κ1) is 15.9. The van der Waals surface area contributed by atoms with Gasteiger partial charge >= 0.3 is 5.97 Å². The fraction of sp³-hybridized carbons (Fsp3) is 0.615. The Balaban J connectivity index is 2.87. The second-order valence-corrected chi connectivity index (χ2v) is 6.33. The van der Waals surface area contributed by atoms with E-state index in [2.05, 4.69) is 0 Å². The third-order valence-electron chi connectivity index (χ3n) is 2.42. The molecule has 1 aromatic heterocycles. The largest absolute Gasteiger partial charge is 0.489 e. The highest BCUT2D eigenvalue weighted by Crippen LogP contribution is 2.36. The number of hydrogen-bond donors (Lipinski definition) is 2. The maximum Gasteiger partial charge on any atom is 0.349 e. The summed E-state index contributed by atoms with van der Waals surface area (Å²) in [6, 6.07) is 1.73. The second-order valence-electron chi connectivity index (χ2n) is 5.28. The molecule has 0 aromatic carbocycles. The van der Waals surface area contributed by atoms with Crippen LogP contribution in [0.25, 0.3) is 0 Å². The fourth-order valence-electron chi connectivity index (χ4n) is 1.43. The lowest BCUT2D eigenvalue weighted by molar-refractivity contribution is 0.0320. The molecule has 0 spiro atoms. The van der Waals surface area contributed by atoms with Gasteiger partial charge in [-0.1, -0.05) is 20.8 Å². The van der Waals surface area contributed by atoms with Crippen LogP contribution < -0.4 is 4.74 Å². The van der Waals surface area contributed by atoms with E-state index in [4.69, 9.17) is 14.6 Å². The lowest BCUT2D eigenvalue weighted by atomic mass is 9.95. The molecule has 0 aliphatic heterocycles. The Kier molecular flexibility index (Phi) is 5.34. The summed E-state index contributed by atoms with van der Waals surface area (Å²) < 4.78 is 10.2. The molecule has 0 fully saturated rings. The maximum absolute atomic E-state index is 11.2. The number of thiophene rings is 1. The van der Waals surface area contributed by atoms with Crippen molar-refractivity contribution in [3.8, 4) is 5.75 Å². The topological polar surface area (TPSA) is 76.0 Å². The van der Waals surface area contributed by atoms with Crippen molar-refractivity contribution in [2.45, 2.75) is 32.3 Å². The third kappa shape index (κ3) is 4.49. The number of hydrogen-bond acceptors (Lipinski definition) is 5. The zero-order valence-corrected chi connectivity index (χ0v) is 12.4. The van der Waals surface area contributed by atoms with Crippen molar-refractivity contribution in [2.75, 3.05) is 20.3 Å². The zero-order valence-electron chi connectivity index (χ0n) is 11.6. The molecule has 0 aliphatic rings. The molecule has 1 rings (SSSR count). The van der Waals surface area contributed by atoms with Crippen LogP contribution in [-0.2, 0) is 10.2 Å². The number of methoxy groups -OCH3 is 1. The van der Waals surface area contributed by atoms with Gasteiger partial charge in [-0.3, -0.25) is 0 Å². The van der Waals surface area contributed by atoms with Crippen molar-refractivity contribution in [3.05, 3.63) is 15.8 Å². The van der Waals surface area contributed by atoms with Crippen LogP contribution in [0.4, 0.5) is 0 Å².